The average molecular weight is 832 g/mol. The smallest absolute Gasteiger partial charge is 0.262 e. The Morgan fingerprint density at radius 3 is 2.38 bits per heavy atom. The molecule has 1 saturated carbocycles. The first-order valence-electron chi connectivity index (χ1n) is 19.7. The largest absolute Gasteiger partial charge is 0.482 e. The normalized spacial score (nSPS) is 24.6. The molecule has 58 heavy (non-hydrogen) atoms. The van der Waals surface area contributed by atoms with Gasteiger partial charge in [0.25, 0.3) is 11.8 Å². The number of benzene rings is 2. The SMILES string of the molecule is CC(Oc1cc(-c2cnn(C3CCC(CN4CC(C)N(c5ccc6c(c5)C(=O)N(C5CCC(=O)NC5=O)C6=O)C(C)C4)CC3)c2)cnc1N)c1c(Cl)ccc(F)c1Cl. The Hall–Kier alpha value is -5.05. The second kappa shape index (κ2) is 16.0. The molecule has 4 amide bonds. The second-order valence-corrected chi connectivity index (χ2v) is 16.8. The molecule has 304 valence electrons. The zero-order chi connectivity index (χ0) is 41.0. The summed E-state index contributed by atoms with van der Waals surface area (Å²) in [7, 11) is 0. The lowest BCUT2D eigenvalue weighted by Crippen LogP contribution is -2.57. The van der Waals surface area contributed by atoms with Gasteiger partial charge in [-0.1, -0.05) is 23.2 Å². The molecule has 4 unspecified atom stereocenters. The van der Waals surface area contributed by atoms with Crippen molar-refractivity contribution in [1.29, 1.82) is 0 Å². The molecule has 3 fully saturated rings. The van der Waals surface area contributed by atoms with Gasteiger partial charge in [-0.15, -0.1) is 0 Å². The Balaban J connectivity index is 0.856. The highest BCUT2D eigenvalue weighted by Gasteiger charge is 2.45. The van der Waals surface area contributed by atoms with Crippen LogP contribution in [0.15, 0.2) is 55.0 Å². The van der Waals surface area contributed by atoms with Crippen LogP contribution in [0, 0.1) is 11.7 Å². The van der Waals surface area contributed by atoms with E-state index in [4.69, 9.17) is 38.8 Å². The number of nitrogens with two attached hydrogens (primary N) is 1. The molecule has 4 atom stereocenters. The van der Waals surface area contributed by atoms with Gasteiger partial charge >= 0.3 is 0 Å². The monoisotopic (exact) mass is 830 g/mol. The van der Waals surface area contributed by atoms with Gasteiger partial charge in [0.1, 0.15) is 18.0 Å². The highest BCUT2D eigenvalue weighted by molar-refractivity contribution is 6.36. The predicted molar refractivity (Wildman–Crippen MR) is 217 cm³/mol. The van der Waals surface area contributed by atoms with Crippen LogP contribution in [0.1, 0.15) is 97.7 Å². The number of piperidine rings is 1. The third kappa shape index (κ3) is 7.53. The molecule has 0 spiro atoms. The summed E-state index contributed by atoms with van der Waals surface area (Å²) in [5.74, 6) is -1.52. The van der Waals surface area contributed by atoms with E-state index in [2.05, 4.69) is 33.9 Å². The van der Waals surface area contributed by atoms with Crippen LogP contribution < -0.4 is 20.7 Å². The number of hydrogen-bond donors (Lipinski definition) is 2. The molecule has 5 heterocycles. The van der Waals surface area contributed by atoms with Crippen LogP contribution in [-0.4, -0.2) is 86.0 Å². The number of ether oxygens (including phenoxy) is 1. The maximum absolute atomic E-state index is 14.2. The predicted octanol–water partition coefficient (Wildman–Crippen LogP) is 6.84. The van der Waals surface area contributed by atoms with Gasteiger partial charge in [-0.05, 0) is 95.2 Å². The lowest BCUT2D eigenvalue weighted by atomic mass is 9.85. The van der Waals surface area contributed by atoms with E-state index in [9.17, 15) is 23.6 Å². The Labute approximate surface area is 345 Å². The highest BCUT2D eigenvalue weighted by atomic mass is 35.5. The molecule has 16 heteroatoms. The number of nitrogens with one attached hydrogen (secondary N) is 1. The molecule has 3 aliphatic heterocycles. The van der Waals surface area contributed by atoms with Crippen molar-refractivity contribution in [3.05, 3.63) is 87.5 Å². The van der Waals surface area contributed by atoms with Crippen LogP contribution in [0.3, 0.4) is 0 Å². The van der Waals surface area contributed by atoms with Gasteiger partial charge in [0.2, 0.25) is 11.8 Å². The Bertz CT molecular complexity index is 2280. The molecule has 1 aliphatic carbocycles. The summed E-state index contributed by atoms with van der Waals surface area (Å²) in [6.45, 7) is 8.82. The van der Waals surface area contributed by atoms with Crippen LogP contribution in [0.25, 0.3) is 11.1 Å². The van der Waals surface area contributed by atoms with Crippen LogP contribution >= 0.6 is 23.2 Å². The van der Waals surface area contributed by atoms with Crippen molar-refractivity contribution in [2.24, 2.45) is 5.92 Å². The van der Waals surface area contributed by atoms with E-state index >= 15 is 0 Å². The lowest BCUT2D eigenvalue weighted by Gasteiger charge is -2.47. The summed E-state index contributed by atoms with van der Waals surface area (Å²) in [6, 6.07) is 9.41. The molecular formula is C42H45Cl2FN8O5. The number of nitrogen functional groups attached to an aromatic ring is 1. The van der Waals surface area contributed by atoms with Crippen LogP contribution in [0.5, 0.6) is 5.75 Å². The van der Waals surface area contributed by atoms with E-state index in [1.165, 1.54) is 12.1 Å². The van der Waals surface area contributed by atoms with Crippen molar-refractivity contribution in [3.8, 4) is 16.9 Å². The number of pyridine rings is 1. The van der Waals surface area contributed by atoms with Gasteiger partial charge in [0.05, 0.1) is 28.4 Å². The van der Waals surface area contributed by atoms with Gasteiger partial charge in [-0.2, -0.15) is 5.10 Å². The Kier molecular flexibility index (Phi) is 10.9. The van der Waals surface area contributed by atoms with Crippen molar-refractivity contribution < 1.29 is 28.3 Å². The van der Waals surface area contributed by atoms with Crippen molar-refractivity contribution in [1.82, 2.24) is 29.9 Å². The number of hydrogen-bond acceptors (Lipinski definition) is 10. The first-order valence-corrected chi connectivity index (χ1v) is 20.5. The van der Waals surface area contributed by atoms with Crippen molar-refractivity contribution in [3.63, 3.8) is 0 Å². The second-order valence-electron chi connectivity index (χ2n) is 16.0. The van der Waals surface area contributed by atoms with E-state index in [0.29, 0.717) is 27.8 Å². The van der Waals surface area contributed by atoms with E-state index in [1.54, 1.807) is 31.3 Å². The molecule has 8 rings (SSSR count). The standard InChI is InChI=1S/C42H45Cl2FN8O5/c1-22-18-50(19-23(2)52(22)29-8-9-30-31(15-29)42(57)53(41(30)56)34-12-13-36(54)49-40(34)55)20-25-4-6-28(7-5-25)51-21-27(17-48-51)26-14-35(39(46)47-16-26)58-24(3)37-32(43)10-11-33(45)38(37)44/h8-11,14-17,21-25,28,34H,4-7,12-13,18-20H2,1-3H3,(H2,46,47)(H,49,54,55). The number of imide groups is 2. The fraction of sp³-hybridized carbons (Fsp3) is 0.429. The van der Waals surface area contributed by atoms with Gasteiger partial charge in [-0.25, -0.2) is 9.37 Å². The summed E-state index contributed by atoms with van der Waals surface area (Å²) in [5.41, 5.74) is 9.60. The van der Waals surface area contributed by atoms with E-state index in [1.807, 2.05) is 23.1 Å². The summed E-state index contributed by atoms with van der Waals surface area (Å²) in [4.78, 5) is 61.1. The molecule has 0 radical (unpaired) electrons. The number of amides is 4. The molecule has 4 aliphatic rings. The van der Waals surface area contributed by atoms with E-state index < -0.39 is 41.6 Å². The fourth-order valence-electron chi connectivity index (χ4n) is 9.23. The minimum Gasteiger partial charge on any atom is -0.482 e. The lowest BCUT2D eigenvalue weighted by molar-refractivity contribution is -0.136. The van der Waals surface area contributed by atoms with Gasteiger partial charge in [0.15, 0.2) is 11.6 Å². The number of halogens is 3. The molecule has 2 aromatic heterocycles. The number of carbonyl (C=O) groups is 4. The van der Waals surface area contributed by atoms with Crippen molar-refractivity contribution >= 4 is 58.3 Å². The highest BCUT2D eigenvalue weighted by Crippen LogP contribution is 2.39. The summed E-state index contributed by atoms with van der Waals surface area (Å²) in [5, 5.41) is 7.17. The summed E-state index contributed by atoms with van der Waals surface area (Å²) in [6.07, 6.45) is 9.23. The number of carbonyl (C=O) groups excluding carboxylic acids is 4. The Morgan fingerprint density at radius 2 is 1.66 bits per heavy atom. The van der Waals surface area contributed by atoms with Crippen LogP contribution in [-0.2, 0) is 9.59 Å². The fourth-order valence-corrected chi connectivity index (χ4v) is 9.90. The third-order valence-corrected chi connectivity index (χ3v) is 12.7. The minimum absolute atomic E-state index is 0.0817. The quantitative estimate of drug-likeness (QED) is 0.135. The first kappa shape index (κ1) is 39.8. The van der Waals surface area contributed by atoms with Crippen molar-refractivity contribution in [2.45, 2.75) is 89.6 Å². The minimum atomic E-state index is -0.990. The topological polar surface area (TPSA) is 156 Å². The zero-order valence-electron chi connectivity index (χ0n) is 32.5. The zero-order valence-corrected chi connectivity index (χ0v) is 34.0. The molecule has 2 saturated heterocycles. The number of anilines is 2. The number of nitrogens with zero attached hydrogens (tertiary/aromatic N) is 6. The number of rotatable bonds is 9. The number of fused-ring (bicyclic) bond motifs is 1. The van der Waals surface area contributed by atoms with E-state index in [0.717, 1.165) is 67.0 Å². The molecule has 3 N–H and O–H groups in total. The van der Waals surface area contributed by atoms with Crippen molar-refractivity contribution in [2.75, 3.05) is 30.3 Å². The Morgan fingerprint density at radius 1 is 0.931 bits per heavy atom. The summed E-state index contributed by atoms with van der Waals surface area (Å²) >= 11 is 12.5. The summed E-state index contributed by atoms with van der Waals surface area (Å²) < 4.78 is 22.3. The third-order valence-electron chi connectivity index (χ3n) is 12.0. The van der Waals surface area contributed by atoms with Gasteiger partial charge in [0, 0.05) is 77.9 Å². The van der Waals surface area contributed by atoms with Gasteiger partial charge < -0.3 is 15.4 Å². The van der Waals surface area contributed by atoms with Gasteiger partial charge in [-0.3, -0.25) is 39.0 Å². The van der Waals surface area contributed by atoms with E-state index in [-0.39, 0.29) is 47.4 Å². The number of aromatic nitrogens is 3. The molecule has 4 aromatic rings. The maximum Gasteiger partial charge on any atom is 0.262 e. The average Bonchev–Trinajstić information content (AvgIpc) is 3.77. The van der Waals surface area contributed by atoms with Crippen LogP contribution in [0.2, 0.25) is 10.0 Å². The maximum atomic E-state index is 14.2. The molecule has 0 bridgehead atoms. The van der Waals surface area contributed by atoms with Crippen LogP contribution in [0.4, 0.5) is 15.9 Å². The molecule has 13 nitrogen and oxygen atoms in total. The molecular weight excluding hydrogens is 786 g/mol. The number of piperazine rings is 1. The molecule has 2 aromatic carbocycles. The first-order chi connectivity index (χ1) is 27.8.